The van der Waals surface area contributed by atoms with Crippen molar-refractivity contribution in [2.45, 2.75) is 67.8 Å². The smallest absolute Gasteiger partial charge is 0.165 e. The van der Waals surface area contributed by atoms with Crippen molar-refractivity contribution in [3.05, 3.63) is 23.3 Å². The van der Waals surface area contributed by atoms with Crippen molar-refractivity contribution in [2.75, 3.05) is 13.1 Å². The molecule has 3 saturated heterocycles. The van der Waals surface area contributed by atoms with Crippen molar-refractivity contribution in [1.82, 2.24) is 4.90 Å². The predicted molar refractivity (Wildman–Crippen MR) is 87.4 cm³/mol. The van der Waals surface area contributed by atoms with Crippen LogP contribution in [0.25, 0.3) is 0 Å². The van der Waals surface area contributed by atoms with Gasteiger partial charge in [0.2, 0.25) is 0 Å². The SMILES string of the molecule is Oc1ccc2c3c1O[C@H]1[C@H]4CC[C@]5(O4)[C@@H](C2)N(CC2CC2)CC[C@]315. The van der Waals surface area contributed by atoms with Gasteiger partial charge in [0, 0.05) is 18.2 Å². The van der Waals surface area contributed by atoms with E-state index in [1.54, 1.807) is 0 Å². The number of aromatic hydroxyl groups is 1. The lowest BCUT2D eigenvalue weighted by molar-refractivity contribution is -0.122. The minimum atomic E-state index is -0.0679. The molecule has 6 aliphatic rings. The molecule has 0 radical (unpaired) electrons. The van der Waals surface area contributed by atoms with E-state index in [0.29, 0.717) is 11.8 Å². The molecule has 4 nitrogen and oxygen atoms in total. The number of piperidine rings is 1. The number of rotatable bonds is 2. The summed E-state index contributed by atoms with van der Waals surface area (Å²) in [5.41, 5.74) is 2.65. The van der Waals surface area contributed by atoms with Crippen molar-refractivity contribution in [3.63, 3.8) is 0 Å². The quantitative estimate of drug-likeness (QED) is 0.906. The van der Waals surface area contributed by atoms with Crippen LogP contribution in [0, 0.1) is 5.92 Å². The summed E-state index contributed by atoms with van der Waals surface area (Å²) in [5.74, 6) is 2.03. The standard InChI is InChI=1S/C20H23NO3/c22-13-4-3-12-9-15-20-6-5-14(24-20)18-19(20,16(12)17(13)23-18)7-8-21(15)10-11-1-2-11/h3-4,11,14-15,18,22H,1-2,5-10H2/t14-,15-,18+,19+,20+/m1/s1. The maximum absolute atomic E-state index is 10.4. The van der Waals surface area contributed by atoms with Crippen molar-refractivity contribution < 1.29 is 14.6 Å². The Morgan fingerprint density at radius 3 is 3.00 bits per heavy atom. The van der Waals surface area contributed by atoms with E-state index in [2.05, 4.69) is 11.0 Å². The monoisotopic (exact) mass is 325 g/mol. The average Bonchev–Trinajstić information content (AvgIpc) is 3.06. The molecular formula is C20H23NO3. The van der Waals surface area contributed by atoms with Crippen LogP contribution in [0.2, 0.25) is 0 Å². The molecular weight excluding hydrogens is 302 g/mol. The topological polar surface area (TPSA) is 41.9 Å². The van der Waals surface area contributed by atoms with E-state index in [9.17, 15) is 5.11 Å². The molecule has 4 heterocycles. The second kappa shape index (κ2) is 3.78. The van der Waals surface area contributed by atoms with Gasteiger partial charge < -0.3 is 14.6 Å². The summed E-state index contributed by atoms with van der Waals surface area (Å²) in [6.07, 6.45) is 7.62. The zero-order chi connectivity index (χ0) is 15.7. The van der Waals surface area contributed by atoms with E-state index in [-0.39, 0.29) is 23.2 Å². The van der Waals surface area contributed by atoms with E-state index in [0.717, 1.165) is 43.9 Å². The van der Waals surface area contributed by atoms with Crippen molar-refractivity contribution >= 4 is 0 Å². The second-order valence-electron chi connectivity index (χ2n) is 8.95. The average molecular weight is 325 g/mol. The highest BCUT2D eigenvalue weighted by molar-refractivity contribution is 5.63. The molecule has 7 rings (SSSR count). The van der Waals surface area contributed by atoms with Crippen LogP contribution in [0.1, 0.15) is 43.2 Å². The third-order valence-electron chi connectivity index (χ3n) is 8.03. The molecule has 24 heavy (non-hydrogen) atoms. The van der Waals surface area contributed by atoms with E-state index in [1.165, 1.54) is 30.5 Å². The highest BCUT2D eigenvalue weighted by Gasteiger charge is 2.79. The van der Waals surface area contributed by atoms with Crippen molar-refractivity contribution in [2.24, 2.45) is 5.92 Å². The van der Waals surface area contributed by atoms with Gasteiger partial charge >= 0.3 is 0 Å². The van der Waals surface area contributed by atoms with Crippen LogP contribution in [0.15, 0.2) is 12.1 Å². The molecule has 2 aliphatic carbocycles. The van der Waals surface area contributed by atoms with Gasteiger partial charge in [-0.15, -0.1) is 0 Å². The van der Waals surface area contributed by atoms with Gasteiger partial charge in [0.15, 0.2) is 11.5 Å². The Morgan fingerprint density at radius 2 is 2.12 bits per heavy atom. The minimum Gasteiger partial charge on any atom is -0.504 e. The Bertz CT molecular complexity index is 774. The number of fused-ring (bicyclic) bond motifs is 2. The third kappa shape index (κ3) is 1.18. The van der Waals surface area contributed by atoms with Gasteiger partial charge in [0.05, 0.1) is 17.1 Å². The molecule has 4 aliphatic heterocycles. The summed E-state index contributed by atoms with van der Waals surface area (Å²) in [5, 5.41) is 10.4. The lowest BCUT2D eigenvalue weighted by Gasteiger charge is -2.59. The molecule has 1 saturated carbocycles. The molecule has 0 unspecified atom stereocenters. The second-order valence-corrected chi connectivity index (χ2v) is 8.95. The van der Waals surface area contributed by atoms with Gasteiger partial charge in [-0.25, -0.2) is 0 Å². The van der Waals surface area contributed by atoms with Crippen LogP contribution >= 0.6 is 0 Å². The molecule has 0 aromatic heterocycles. The van der Waals surface area contributed by atoms with Crippen LogP contribution in [0.3, 0.4) is 0 Å². The van der Waals surface area contributed by atoms with E-state index in [1.807, 2.05) is 6.07 Å². The molecule has 4 heteroatoms. The maximum atomic E-state index is 10.4. The number of nitrogens with zero attached hydrogens (tertiary/aromatic N) is 1. The number of ether oxygens (including phenoxy) is 2. The van der Waals surface area contributed by atoms with E-state index >= 15 is 0 Å². The van der Waals surface area contributed by atoms with Crippen LogP contribution < -0.4 is 4.74 Å². The third-order valence-corrected chi connectivity index (χ3v) is 8.03. The highest BCUT2D eigenvalue weighted by Crippen LogP contribution is 2.71. The highest BCUT2D eigenvalue weighted by atomic mass is 16.6. The first-order valence-corrected chi connectivity index (χ1v) is 9.67. The summed E-state index contributed by atoms with van der Waals surface area (Å²) in [6.45, 7) is 2.41. The lowest BCUT2D eigenvalue weighted by atomic mass is 9.51. The first-order chi connectivity index (χ1) is 11.7. The number of hydrogen-bond donors (Lipinski definition) is 1. The zero-order valence-electron chi connectivity index (χ0n) is 13.8. The Labute approximate surface area is 141 Å². The molecule has 4 bridgehead atoms. The summed E-state index contributed by atoms with van der Waals surface area (Å²) in [6, 6.07) is 4.48. The zero-order valence-corrected chi connectivity index (χ0v) is 13.8. The Kier molecular flexibility index (Phi) is 2.05. The molecule has 1 aromatic carbocycles. The van der Waals surface area contributed by atoms with Crippen molar-refractivity contribution in [3.8, 4) is 11.5 Å². The number of benzene rings is 1. The van der Waals surface area contributed by atoms with Gasteiger partial charge in [-0.05, 0) is 62.6 Å². The number of phenols is 1. The Hall–Kier alpha value is -1.26. The molecule has 2 spiro atoms. The van der Waals surface area contributed by atoms with Crippen LogP contribution in [0.5, 0.6) is 11.5 Å². The molecule has 1 N–H and O–H groups in total. The van der Waals surface area contributed by atoms with Crippen molar-refractivity contribution in [1.29, 1.82) is 0 Å². The summed E-state index contributed by atoms with van der Waals surface area (Å²) in [4.78, 5) is 2.75. The largest absolute Gasteiger partial charge is 0.504 e. The summed E-state index contributed by atoms with van der Waals surface area (Å²) < 4.78 is 13.2. The number of phenolic OH excluding ortho intramolecular Hbond substituents is 1. The van der Waals surface area contributed by atoms with E-state index in [4.69, 9.17) is 9.47 Å². The van der Waals surface area contributed by atoms with Crippen LogP contribution in [-0.2, 0) is 16.6 Å². The van der Waals surface area contributed by atoms with Gasteiger partial charge in [-0.2, -0.15) is 0 Å². The van der Waals surface area contributed by atoms with Gasteiger partial charge in [-0.3, -0.25) is 4.90 Å². The predicted octanol–water partition coefficient (Wildman–Crippen LogP) is 2.36. The Balaban J connectivity index is 1.48. The maximum Gasteiger partial charge on any atom is 0.165 e. The molecule has 0 amide bonds. The number of likely N-dealkylation sites (tertiary alicyclic amines) is 1. The lowest BCUT2D eigenvalue weighted by Crippen LogP contribution is -2.71. The van der Waals surface area contributed by atoms with Gasteiger partial charge in [-0.1, -0.05) is 6.07 Å². The minimum absolute atomic E-state index is 0.00227. The summed E-state index contributed by atoms with van der Waals surface area (Å²) >= 11 is 0. The molecule has 126 valence electrons. The van der Waals surface area contributed by atoms with E-state index < -0.39 is 0 Å². The first-order valence-electron chi connectivity index (χ1n) is 9.67. The molecule has 1 aromatic rings. The summed E-state index contributed by atoms with van der Waals surface area (Å²) in [7, 11) is 0. The molecule has 4 fully saturated rings. The van der Waals surface area contributed by atoms with Gasteiger partial charge in [0.1, 0.15) is 6.10 Å². The fourth-order valence-electron chi connectivity index (χ4n) is 7.04. The Morgan fingerprint density at radius 1 is 1.21 bits per heavy atom. The first kappa shape index (κ1) is 13.0. The van der Waals surface area contributed by atoms with Gasteiger partial charge in [0.25, 0.3) is 0 Å². The fraction of sp³-hybridized carbons (Fsp3) is 0.700. The van der Waals surface area contributed by atoms with Crippen LogP contribution in [-0.4, -0.2) is 46.9 Å². The van der Waals surface area contributed by atoms with Crippen LogP contribution in [0.4, 0.5) is 0 Å². The molecule has 5 atom stereocenters. The normalized spacial score (nSPS) is 46.9. The fourth-order valence-corrected chi connectivity index (χ4v) is 7.04. The number of hydrogen-bond acceptors (Lipinski definition) is 4.